The minimum atomic E-state index is -0.567. The molecular formula is C18H17ClN2O5. The molecule has 1 saturated heterocycles. The molecule has 8 heteroatoms. The number of halogens is 1. The Morgan fingerprint density at radius 2 is 2.19 bits per heavy atom. The van der Waals surface area contributed by atoms with Crippen LogP contribution in [0.4, 0.5) is 11.4 Å². The minimum Gasteiger partial charge on any atom is -0.491 e. The first-order valence-electron chi connectivity index (χ1n) is 8.12. The van der Waals surface area contributed by atoms with Crippen molar-refractivity contribution in [1.82, 2.24) is 0 Å². The molecule has 2 aromatic carbocycles. The quantitative estimate of drug-likeness (QED) is 0.606. The molecule has 1 amide bonds. The zero-order chi connectivity index (χ0) is 18.5. The van der Waals surface area contributed by atoms with Crippen LogP contribution in [0.5, 0.6) is 5.75 Å². The lowest BCUT2D eigenvalue weighted by Crippen LogP contribution is -2.16. The monoisotopic (exact) mass is 376 g/mol. The van der Waals surface area contributed by atoms with Crippen molar-refractivity contribution in [1.29, 1.82) is 0 Å². The van der Waals surface area contributed by atoms with Gasteiger partial charge in [-0.2, -0.15) is 0 Å². The van der Waals surface area contributed by atoms with Gasteiger partial charge in [0.2, 0.25) is 0 Å². The third kappa shape index (κ3) is 4.50. The van der Waals surface area contributed by atoms with Crippen molar-refractivity contribution in [3.63, 3.8) is 0 Å². The van der Waals surface area contributed by atoms with Gasteiger partial charge in [-0.3, -0.25) is 14.9 Å². The predicted octanol–water partition coefficient (Wildman–Crippen LogP) is 4.06. The van der Waals surface area contributed by atoms with Gasteiger partial charge in [0.25, 0.3) is 11.6 Å². The summed E-state index contributed by atoms with van der Waals surface area (Å²) in [6.45, 7) is 1.23. The predicted molar refractivity (Wildman–Crippen MR) is 97.0 cm³/mol. The normalized spacial score (nSPS) is 16.3. The Hall–Kier alpha value is -2.64. The number of amides is 1. The van der Waals surface area contributed by atoms with Gasteiger partial charge in [0, 0.05) is 30.5 Å². The summed E-state index contributed by atoms with van der Waals surface area (Å²) in [5.74, 6) is 0.161. The van der Waals surface area contributed by atoms with Gasteiger partial charge in [-0.05, 0) is 31.0 Å². The number of ether oxygens (including phenoxy) is 2. The van der Waals surface area contributed by atoms with Crippen LogP contribution in [0.1, 0.15) is 23.2 Å². The largest absolute Gasteiger partial charge is 0.491 e. The van der Waals surface area contributed by atoms with Gasteiger partial charge in [-0.15, -0.1) is 0 Å². The summed E-state index contributed by atoms with van der Waals surface area (Å²) in [5.41, 5.74) is 0.522. The van der Waals surface area contributed by atoms with Crippen LogP contribution in [0.25, 0.3) is 0 Å². The Kier molecular flexibility index (Phi) is 5.70. The number of hydrogen-bond acceptors (Lipinski definition) is 5. The molecule has 0 bridgehead atoms. The van der Waals surface area contributed by atoms with Gasteiger partial charge in [-0.1, -0.05) is 17.7 Å². The Morgan fingerprint density at radius 1 is 1.35 bits per heavy atom. The maximum atomic E-state index is 12.4. The van der Waals surface area contributed by atoms with Crippen molar-refractivity contribution in [3.05, 3.63) is 63.2 Å². The number of carbonyl (C=O) groups is 1. The summed E-state index contributed by atoms with van der Waals surface area (Å²) in [4.78, 5) is 22.5. The number of benzene rings is 2. The second-order valence-electron chi connectivity index (χ2n) is 5.85. The number of nitrogens with one attached hydrogen (secondary N) is 1. The molecule has 1 aliphatic heterocycles. The summed E-state index contributed by atoms with van der Waals surface area (Å²) in [6, 6.07) is 10.7. The molecule has 1 atom stereocenters. The first-order chi connectivity index (χ1) is 12.5. The van der Waals surface area contributed by atoms with E-state index in [4.69, 9.17) is 21.1 Å². The van der Waals surface area contributed by atoms with Crippen molar-refractivity contribution in [2.45, 2.75) is 18.9 Å². The zero-order valence-electron chi connectivity index (χ0n) is 13.8. The Labute approximate surface area is 155 Å². The third-order valence-electron chi connectivity index (χ3n) is 3.96. The maximum Gasteiger partial charge on any atom is 0.270 e. The molecule has 7 nitrogen and oxygen atoms in total. The van der Waals surface area contributed by atoms with E-state index in [2.05, 4.69) is 5.32 Å². The smallest absolute Gasteiger partial charge is 0.270 e. The molecule has 3 rings (SSSR count). The molecule has 1 unspecified atom stereocenters. The van der Waals surface area contributed by atoms with Crippen molar-refractivity contribution in [2.75, 3.05) is 18.5 Å². The van der Waals surface area contributed by atoms with Gasteiger partial charge in [-0.25, -0.2) is 0 Å². The maximum absolute atomic E-state index is 12.4. The highest BCUT2D eigenvalue weighted by molar-refractivity contribution is 6.34. The van der Waals surface area contributed by atoms with Crippen LogP contribution >= 0.6 is 11.6 Å². The van der Waals surface area contributed by atoms with Crippen LogP contribution in [0.3, 0.4) is 0 Å². The van der Waals surface area contributed by atoms with Gasteiger partial charge >= 0.3 is 0 Å². The van der Waals surface area contributed by atoms with Crippen LogP contribution < -0.4 is 10.1 Å². The minimum absolute atomic E-state index is 0.0162. The van der Waals surface area contributed by atoms with Gasteiger partial charge in [0.15, 0.2) is 0 Å². The van der Waals surface area contributed by atoms with Crippen molar-refractivity contribution >= 4 is 28.9 Å². The number of hydrogen-bond donors (Lipinski definition) is 1. The average Bonchev–Trinajstić information content (AvgIpc) is 3.13. The summed E-state index contributed by atoms with van der Waals surface area (Å²) in [7, 11) is 0. The molecule has 0 aromatic heterocycles. The SMILES string of the molecule is O=C(Nc1cccc(OCC2CCCO2)c1)c1ccc([N+](=O)[O-])cc1Cl. The van der Waals surface area contributed by atoms with E-state index in [1.807, 2.05) is 0 Å². The number of nitrogens with zero attached hydrogens (tertiary/aromatic N) is 1. The molecule has 0 aliphatic carbocycles. The molecule has 0 saturated carbocycles. The van der Waals surface area contributed by atoms with Crippen LogP contribution in [0.15, 0.2) is 42.5 Å². The van der Waals surface area contributed by atoms with Crippen molar-refractivity contribution in [3.8, 4) is 5.75 Å². The summed E-state index contributed by atoms with van der Waals surface area (Å²) < 4.78 is 11.2. The summed E-state index contributed by atoms with van der Waals surface area (Å²) in [5, 5.41) is 13.5. The lowest BCUT2D eigenvalue weighted by atomic mass is 10.2. The zero-order valence-corrected chi connectivity index (χ0v) is 14.6. The Morgan fingerprint density at radius 3 is 2.88 bits per heavy atom. The Balaban J connectivity index is 1.65. The molecule has 1 N–H and O–H groups in total. The number of non-ortho nitro benzene ring substituents is 1. The molecule has 0 radical (unpaired) electrons. The number of carbonyl (C=O) groups excluding carboxylic acids is 1. The lowest BCUT2D eigenvalue weighted by molar-refractivity contribution is -0.384. The number of rotatable bonds is 6. The van der Waals surface area contributed by atoms with E-state index in [1.54, 1.807) is 24.3 Å². The Bertz CT molecular complexity index is 821. The number of nitro benzene ring substituents is 1. The summed E-state index contributed by atoms with van der Waals surface area (Å²) >= 11 is 5.98. The van der Waals surface area contributed by atoms with Crippen LogP contribution in [-0.4, -0.2) is 30.1 Å². The fourth-order valence-corrected chi connectivity index (χ4v) is 2.89. The highest BCUT2D eigenvalue weighted by atomic mass is 35.5. The first kappa shape index (κ1) is 18.2. The molecule has 0 spiro atoms. The fraction of sp³-hybridized carbons (Fsp3) is 0.278. The van der Waals surface area contributed by atoms with E-state index < -0.39 is 10.8 Å². The average molecular weight is 377 g/mol. The van der Waals surface area contributed by atoms with Gasteiger partial charge in [0.05, 0.1) is 21.6 Å². The molecule has 136 valence electrons. The molecule has 1 fully saturated rings. The van der Waals surface area contributed by atoms with Crippen LogP contribution in [0, 0.1) is 10.1 Å². The summed E-state index contributed by atoms with van der Waals surface area (Å²) in [6.07, 6.45) is 2.13. The number of anilines is 1. The molecular weight excluding hydrogens is 360 g/mol. The lowest BCUT2D eigenvalue weighted by Gasteiger charge is -2.13. The topological polar surface area (TPSA) is 90.7 Å². The molecule has 1 aliphatic rings. The van der Waals surface area contributed by atoms with E-state index in [-0.39, 0.29) is 22.4 Å². The molecule has 1 heterocycles. The highest BCUT2D eigenvalue weighted by Gasteiger charge is 2.17. The first-order valence-corrected chi connectivity index (χ1v) is 8.50. The second-order valence-corrected chi connectivity index (χ2v) is 6.26. The van der Waals surface area contributed by atoms with Crippen LogP contribution in [0.2, 0.25) is 5.02 Å². The highest BCUT2D eigenvalue weighted by Crippen LogP contribution is 2.24. The molecule has 2 aromatic rings. The van der Waals surface area contributed by atoms with E-state index in [9.17, 15) is 14.9 Å². The van der Waals surface area contributed by atoms with Crippen LogP contribution in [-0.2, 0) is 4.74 Å². The van der Waals surface area contributed by atoms with Gasteiger partial charge in [0.1, 0.15) is 12.4 Å². The second kappa shape index (κ2) is 8.16. The van der Waals surface area contributed by atoms with Crippen molar-refractivity contribution in [2.24, 2.45) is 0 Å². The van der Waals surface area contributed by atoms with E-state index in [1.165, 1.54) is 12.1 Å². The number of nitro groups is 1. The van der Waals surface area contributed by atoms with E-state index in [0.717, 1.165) is 25.5 Å². The van der Waals surface area contributed by atoms with E-state index in [0.29, 0.717) is 18.0 Å². The van der Waals surface area contributed by atoms with E-state index >= 15 is 0 Å². The standard InChI is InChI=1S/C18H17ClN2O5/c19-17-10-13(21(23)24)6-7-16(17)18(22)20-12-3-1-4-14(9-12)26-11-15-5-2-8-25-15/h1,3-4,6-7,9-10,15H,2,5,8,11H2,(H,20,22). The third-order valence-corrected chi connectivity index (χ3v) is 4.27. The van der Waals surface area contributed by atoms with Gasteiger partial charge < -0.3 is 14.8 Å². The van der Waals surface area contributed by atoms with Crippen molar-refractivity contribution < 1.29 is 19.2 Å². The fourth-order valence-electron chi connectivity index (χ4n) is 2.63. The molecule has 26 heavy (non-hydrogen) atoms.